The second-order valence-electron chi connectivity index (χ2n) is 11.4. The monoisotopic (exact) mass is 579 g/mol. The highest BCUT2D eigenvalue weighted by Crippen LogP contribution is 2.38. The van der Waals surface area contributed by atoms with E-state index in [4.69, 9.17) is 15.0 Å². The standard InChI is InChI=1S/C40H29N5/c1-26-16-19-31-32-20-17-27(2)24-37(32)45(36(31)23-26)35-21-18-30(34-15-9-10-22-41-34)25-33(35)40-43-38(28-11-5-3-6-12-28)42-39(44-40)29-13-7-4-8-14-29/h3-25H,1-2H3. The van der Waals surface area contributed by atoms with Crippen LogP contribution in [-0.2, 0) is 0 Å². The molecular formula is C40H29N5. The van der Waals surface area contributed by atoms with E-state index in [1.54, 1.807) is 0 Å². The van der Waals surface area contributed by atoms with Gasteiger partial charge in [0, 0.05) is 39.2 Å². The van der Waals surface area contributed by atoms with Gasteiger partial charge in [-0.1, -0.05) is 97.1 Å². The molecule has 0 radical (unpaired) electrons. The molecule has 8 rings (SSSR count). The number of pyridine rings is 1. The van der Waals surface area contributed by atoms with E-state index in [1.807, 2.05) is 85.1 Å². The van der Waals surface area contributed by atoms with Gasteiger partial charge in [-0.2, -0.15) is 0 Å². The molecule has 3 heterocycles. The molecule has 0 aliphatic carbocycles. The summed E-state index contributed by atoms with van der Waals surface area (Å²) in [5.74, 6) is 1.86. The fourth-order valence-electron chi connectivity index (χ4n) is 6.03. The Morgan fingerprint density at radius 2 is 1.02 bits per heavy atom. The number of fused-ring (bicyclic) bond motifs is 3. The van der Waals surface area contributed by atoms with Crippen molar-refractivity contribution in [3.05, 3.63) is 151 Å². The summed E-state index contributed by atoms with van der Waals surface area (Å²) in [6.45, 7) is 4.28. The first-order valence-corrected chi connectivity index (χ1v) is 15.1. The minimum atomic E-state index is 0.603. The number of nitrogens with zero attached hydrogens (tertiary/aromatic N) is 5. The molecule has 0 spiro atoms. The highest BCUT2D eigenvalue weighted by Gasteiger charge is 2.20. The fraction of sp³-hybridized carbons (Fsp3) is 0.0500. The summed E-state index contributed by atoms with van der Waals surface area (Å²) >= 11 is 0. The second kappa shape index (κ2) is 11.0. The minimum absolute atomic E-state index is 0.603. The average molecular weight is 580 g/mol. The second-order valence-corrected chi connectivity index (χ2v) is 11.4. The summed E-state index contributed by atoms with van der Waals surface area (Å²) in [6, 6.07) is 46.0. The molecule has 0 atom stereocenters. The first kappa shape index (κ1) is 26.7. The first-order valence-electron chi connectivity index (χ1n) is 15.1. The van der Waals surface area contributed by atoms with Gasteiger partial charge in [0.05, 0.1) is 22.4 Å². The highest BCUT2D eigenvalue weighted by molar-refractivity contribution is 6.10. The lowest BCUT2D eigenvalue weighted by atomic mass is 10.0. The van der Waals surface area contributed by atoms with Gasteiger partial charge in [-0.15, -0.1) is 0 Å². The Hall–Kier alpha value is -5.94. The molecule has 0 N–H and O–H groups in total. The molecular weight excluding hydrogens is 550 g/mol. The third-order valence-corrected chi connectivity index (χ3v) is 8.22. The summed E-state index contributed by atoms with van der Waals surface area (Å²) in [5, 5.41) is 2.42. The first-order chi connectivity index (χ1) is 22.1. The Labute approximate surface area is 261 Å². The number of rotatable bonds is 5. The van der Waals surface area contributed by atoms with E-state index in [0.717, 1.165) is 44.7 Å². The SMILES string of the molecule is Cc1ccc2c3ccc(C)cc3n(-c3ccc(-c4ccccn4)cc3-c3nc(-c4ccccc4)nc(-c4ccccc4)n3)c2c1. The normalized spacial score (nSPS) is 11.3. The number of benzene rings is 5. The van der Waals surface area contributed by atoms with E-state index in [9.17, 15) is 0 Å². The summed E-state index contributed by atoms with van der Waals surface area (Å²) in [6.07, 6.45) is 1.82. The van der Waals surface area contributed by atoms with Gasteiger partial charge in [0.1, 0.15) is 0 Å². The van der Waals surface area contributed by atoms with Crippen LogP contribution >= 0.6 is 0 Å². The highest BCUT2D eigenvalue weighted by atomic mass is 15.1. The molecule has 5 nitrogen and oxygen atoms in total. The van der Waals surface area contributed by atoms with E-state index in [2.05, 4.69) is 78.0 Å². The Morgan fingerprint density at radius 3 is 1.58 bits per heavy atom. The van der Waals surface area contributed by atoms with Crippen molar-refractivity contribution in [1.82, 2.24) is 24.5 Å². The predicted octanol–water partition coefficient (Wildman–Crippen LogP) is 9.65. The lowest BCUT2D eigenvalue weighted by molar-refractivity contribution is 1.06. The van der Waals surface area contributed by atoms with E-state index in [-0.39, 0.29) is 0 Å². The number of hydrogen-bond donors (Lipinski definition) is 0. The topological polar surface area (TPSA) is 56.5 Å². The van der Waals surface area contributed by atoms with Crippen LogP contribution in [0.25, 0.3) is 72.9 Å². The minimum Gasteiger partial charge on any atom is -0.308 e. The molecule has 0 fully saturated rings. The molecule has 0 saturated heterocycles. The molecule has 0 aliphatic heterocycles. The summed E-state index contributed by atoms with van der Waals surface area (Å²) < 4.78 is 2.36. The average Bonchev–Trinajstić information content (AvgIpc) is 3.41. The van der Waals surface area contributed by atoms with Crippen LogP contribution in [0, 0.1) is 13.8 Å². The van der Waals surface area contributed by atoms with Gasteiger partial charge in [0.2, 0.25) is 0 Å². The van der Waals surface area contributed by atoms with Crippen molar-refractivity contribution < 1.29 is 0 Å². The van der Waals surface area contributed by atoms with Crippen LogP contribution in [0.4, 0.5) is 0 Å². The Morgan fingerprint density at radius 1 is 0.467 bits per heavy atom. The molecule has 45 heavy (non-hydrogen) atoms. The molecule has 0 saturated carbocycles. The van der Waals surface area contributed by atoms with Gasteiger partial charge in [0.25, 0.3) is 0 Å². The van der Waals surface area contributed by atoms with Crippen molar-refractivity contribution in [1.29, 1.82) is 0 Å². The van der Waals surface area contributed by atoms with Crippen molar-refractivity contribution in [3.63, 3.8) is 0 Å². The maximum Gasteiger partial charge on any atom is 0.166 e. The number of aryl methyl sites for hydroxylation is 2. The van der Waals surface area contributed by atoms with Crippen LogP contribution in [-0.4, -0.2) is 24.5 Å². The van der Waals surface area contributed by atoms with Crippen LogP contribution in [0.15, 0.2) is 140 Å². The summed E-state index contributed by atoms with van der Waals surface area (Å²) in [4.78, 5) is 19.9. The van der Waals surface area contributed by atoms with Gasteiger partial charge in [-0.25, -0.2) is 15.0 Å². The Bertz CT molecular complexity index is 2210. The third kappa shape index (κ3) is 4.85. The molecule has 0 aliphatic rings. The van der Waals surface area contributed by atoms with Crippen LogP contribution in [0.2, 0.25) is 0 Å². The zero-order valence-corrected chi connectivity index (χ0v) is 25.0. The molecule has 3 aromatic heterocycles. The molecule has 0 amide bonds. The van der Waals surface area contributed by atoms with Crippen molar-refractivity contribution in [2.45, 2.75) is 13.8 Å². The molecule has 5 aromatic carbocycles. The smallest absolute Gasteiger partial charge is 0.166 e. The van der Waals surface area contributed by atoms with Crippen molar-refractivity contribution in [3.8, 4) is 51.1 Å². The van der Waals surface area contributed by atoms with Crippen LogP contribution in [0.5, 0.6) is 0 Å². The van der Waals surface area contributed by atoms with E-state index in [0.29, 0.717) is 17.5 Å². The molecule has 5 heteroatoms. The van der Waals surface area contributed by atoms with Crippen LogP contribution in [0.1, 0.15) is 11.1 Å². The van der Waals surface area contributed by atoms with E-state index in [1.165, 1.54) is 21.9 Å². The number of aromatic nitrogens is 5. The van der Waals surface area contributed by atoms with Crippen molar-refractivity contribution in [2.24, 2.45) is 0 Å². The maximum absolute atomic E-state index is 5.14. The van der Waals surface area contributed by atoms with Gasteiger partial charge in [-0.3, -0.25) is 4.98 Å². The van der Waals surface area contributed by atoms with Gasteiger partial charge in [0.15, 0.2) is 17.5 Å². The molecule has 0 bridgehead atoms. The van der Waals surface area contributed by atoms with E-state index >= 15 is 0 Å². The van der Waals surface area contributed by atoms with Gasteiger partial charge >= 0.3 is 0 Å². The lowest BCUT2D eigenvalue weighted by Crippen LogP contribution is -2.04. The molecule has 8 aromatic rings. The molecule has 214 valence electrons. The maximum atomic E-state index is 5.14. The van der Waals surface area contributed by atoms with Crippen LogP contribution in [0.3, 0.4) is 0 Å². The number of hydrogen-bond acceptors (Lipinski definition) is 4. The zero-order chi connectivity index (χ0) is 30.3. The third-order valence-electron chi connectivity index (χ3n) is 8.22. The van der Waals surface area contributed by atoms with Crippen molar-refractivity contribution in [2.75, 3.05) is 0 Å². The quantitative estimate of drug-likeness (QED) is 0.204. The van der Waals surface area contributed by atoms with Gasteiger partial charge < -0.3 is 4.57 Å². The van der Waals surface area contributed by atoms with Crippen LogP contribution < -0.4 is 0 Å². The van der Waals surface area contributed by atoms with Gasteiger partial charge in [-0.05, 0) is 61.4 Å². The van der Waals surface area contributed by atoms with Crippen molar-refractivity contribution >= 4 is 21.8 Å². The molecule has 0 unspecified atom stereocenters. The Kier molecular flexibility index (Phi) is 6.50. The Balaban J connectivity index is 1.47. The summed E-state index contributed by atoms with van der Waals surface area (Å²) in [7, 11) is 0. The van der Waals surface area contributed by atoms with E-state index < -0.39 is 0 Å². The predicted molar refractivity (Wildman–Crippen MR) is 183 cm³/mol. The fourth-order valence-corrected chi connectivity index (χ4v) is 6.03. The summed E-state index contributed by atoms with van der Waals surface area (Å²) in [5.41, 5.74) is 10.3. The largest absolute Gasteiger partial charge is 0.308 e. The lowest BCUT2D eigenvalue weighted by Gasteiger charge is -2.16. The zero-order valence-electron chi connectivity index (χ0n) is 25.0.